The van der Waals surface area contributed by atoms with Crippen molar-refractivity contribution in [2.24, 2.45) is 0 Å². The number of carbonyl (C=O) groups is 1. The Balaban J connectivity index is 2.33. The van der Waals surface area contributed by atoms with Crippen molar-refractivity contribution in [3.05, 3.63) is 15.6 Å². The molecule has 0 saturated heterocycles. The van der Waals surface area contributed by atoms with Crippen LogP contribution in [0.15, 0.2) is 0 Å². The van der Waals surface area contributed by atoms with Crippen LogP contribution in [0.25, 0.3) is 0 Å². The lowest BCUT2D eigenvalue weighted by Gasteiger charge is -2.20. The topological polar surface area (TPSA) is 33.2 Å². The summed E-state index contributed by atoms with van der Waals surface area (Å²) in [6.07, 6.45) is 0.980. The number of aromatic nitrogens is 1. The highest BCUT2D eigenvalue weighted by Gasteiger charge is 2.20. The molecule has 13 heavy (non-hydrogen) atoms. The van der Waals surface area contributed by atoms with Gasteiger partial charge in [0.2, 0.25) is 0 Å². The summed E-state index contributed by atoms with van der Waals surface area (Å²) in [4.78, 5) is 18.4. The Labute approximate surface area is 85.3 Å². The number of likely N-dealkylation sites (N-methyl/N-ethyl adjacent to an activating group) is 1. The maximum absolute atomic E-state index is 10.8. The van der Waals surface area contributed by atoms with Crippen LogP contribution in [0.5, 0.6) is 0 Å². The zero-order chi connectivity index (χ0) is 9.42. The van der Waals surface area contributed by atoms with Crippen molar-refractivity contribution in [1.29, 1.82) is 0 Å². The van der Waals surface area contributed by atoms with Gasteiger partial charge in [-0.2, -0.15) is 0 Å². The summed E-state index contributed by atoms with van der Waals surface area (Å²) in [6.45, 7) is 1.86. The average Bonchev–Trinajstić information content (AvgIpc) is 2.46. The lowest BCUT2D eigenvalue weighted by atomic mass is 10.2. The molecular formula is C8H9ClN2OS. The molecule has 3 nitrogen and oxygen atoms in total. The monoisotopic (exact) mass is 216 g/mol. The summed E-state index contributed by atoms with van der Waals surface area (Å²) in [5.41, 5.74) is 1.02. The van der Waals surface area contributed by atoms with Crippen LogP contribution < -0.4 is 0 Å². The Bertz CT molecular complexity index is 350. The summed E-state index contributed by atoms with van der Waals surface area (Å²) >= 11 is 6.78. The number of hydrogen-bond donors (Lipinski definition) is 0. The van der Waals surface area contributed by atoms with Gasteiger partial charge in [0.25, 0.3) is 5.24 Å². The average molecular weight is 217 g/mol. The number of thiazole rings is 1. The minimum Gasteiger partial charge on any atom is -0.300 e. The molecule has 70 valence electrons. The first-order valence-electron chi connectivity index (χ1n) is 4.04. The van der Waals surface area contributed by atoms with Gasteiger partial charge >= 0.3 is 0 Å². The van der Waals surface area contributed by atoms with Gasteiger partial charge in [0.15, 0.2) is 5.01 Å². The lowest BCUT2D eigenvalue weighted by Crippen LogP contribution is -2.25. The smallest absolute Gasteiger partial charge is 0.281 e. The van der Waals surface area contributed by atoms with E-state index in [0.717, 1.165) is 25.2 Å². The Morgan fingerprint density at radius 2 is 2.46 bits per heavy atom. The maximum Gasteiger partial charge on any atom is 0.281 e. The molecule has 0 aromatic carbocycles. The van der Waals surface area contributed by atoms with E-state index in [1.54, 1.807) is 0 Å². The number of nitrogens with zero attached hydrogens (tertiary/aromatic N) is 2. The Hall–Kier alpha value is -0.450. The van der Waals surface area contributed by atoms with Crippen LogP contribution in [-0.2, 0) is 13.0 Å². The largest absolute Gasteiger partial charge is 0.300 e. The van der Waals surface area contributed by atoms with E-state index in [1.165, 1.54) is 16.2 Å². The second-order valence-electron chi connectivity index (χ2n) is 3.15. The second kappa shape index (κ2) is 3.36. The molecule has 0 aliphatic carbocycles. The molecule has 1 aromatic heterocycles. The van der Waals surface area contributed by atoms with Crippen LogP contribution in [0.1, 0.15) is 20.4 Å². The normalized spacial score (nSPS) is 17.1. The molecule has 0 spiro atoms. The first-order valence-corrected chi connectivity index (χ1v) is 5.23. The minimum atomic E-state index is -0.443. The number of hydrogen-bond acceptors (Lipinski definition) is 4. The molecule has 5 heteroatoms. The highest BCUT2D eigenvalue weighted by Crippen LogP contribution is 2.24. The third kappa shape index (κ3) is 1.75. The Morgan fingerprint density at radius 3 is 3.15 bits per heavy atom. The van der Waals surface area contributed by atoms with E-state index in [0.29, 0.717) is 5.01 Å². The van der Waals surface area contributed by atoms with E-state index < -0.39 is 5.24 Å². The van der Waals surface area contributed by atoms with Crippen LogP contribution in [0.2, 0.25) is 0 Å². The predicted molar refractivity (Wildman–Crippen MR) is 52.3 cm³/mol. The van der Waals surface area contributed by atoms with E-state index in [-0.39, 0.29) is 0 Å². The summed E-state index contributed by atoms with van der Waals surface area (Å²) in [5, 5.41) is -0.0102. The lowest BCUT2D eigenvalue weighted by molar-refractivity contribution is 0.108. The van der Waals surface area contributed by atoms with Crippen molar-refractivity contribution in [2.45, 2.75) is 13.0 Å². The third-order valence-electron chi connectivity index (χ3n) is 2.09. The summed E-state index contributed by atoms with van der Waals surface area (Å²) in [7, 11) is 2.05. The molecule has 0 saturated carbocycles. The Morgan fingerprint density at radius 1 is 1.69 bits per heavy atom. The molecule has 2 heterocycles. The van der Waals surface area contributed by atoms with Gasteiger partial charge in [-0.15, -0.1) is 11.3 Å². The zero-order valence-corrected chi connectivity index (χ0v) is 8.78. The second-order valence-corrected chi connectivity index (χ2v) is 4.58. The highest BCUT2D eigenvalue weighted by molar-refractivity contribution is 7.15. The van der Waals surface area contributed by atoms with E-state index in [1.807, 2.05) is 7.05 Å². The molecule has 0 amide bonds. The van der Waals surface area contributed by atoms with Crippen molar-refractivity contribution >= 4 is 28.2 Å². The van der Waals surface area contributed by atoms with Crippen LogP contribution in [0.3, 0.4) is 0 Å². The van der Waals surface area contributed by atoms with E-state index in [4.69, 9.17) is 11.6 Å². The van der Waals surface area contributed by atoms with Crippen LogP contribution in [0.4, 0.5) is 0 Å². The summed E-state index contributed by atoms with van der Waals surface area (Å²) in [6, 6.07) is 0. The van der Waals surface area contributed by atoms with Crippen molar-refractivity contribution < 1.29 is 4.79 Å². The van der Waals surface area contributed by atoms with E-state index >= 15 is 0 Å². The van der Waals surface area contributed by atoms with Gasteiger partial charge < -0.3 is 4.90 Å². The van der Waals surface area contributed by atoms with E-state index in [9.17, 15) is 4.79 Å². The molecular weight excluding hydrogens is 208 g/mol. The van der Waals surface area contributed by atoms with Gasteiger partial charge in [-0.3, -0.25) is 4.79 Å². The highest BCUT2D eigenvalue weighted by atomic mass is 35.5. The fraction of sp³-hybridized carbons (Fsp3) is 0.500. The van der Waals surface area contributed by atoms with Gasteiger partial charge in [0.1, 0.15) is 0 Å². The van der Waals surface area contributed by atoms with Gasteiger partial charge in [-0.1, -0.05) is 0 Å². The van der Waals surface area contributed by atoms with Crippen molar-refractivity contribution in [3.63, 3.8) is 0 Å². The standard InChI is InChI=1S/C8H9ClN2OS/c1-11-3-2-6-5(4-11)10-8(13-6)7(9)12/h2-4H2,1H3. The molecule has 1 aliphatic heterocycles. The molecule has 2 rings (SSSR count). The van der Waals surface area contributed by atoms with Gasteiger partial charge in [0.05, 0.1) is 5.69 Å². The SMILES string of the molecule is CN1CCc2sc(C(=O)Cl)nc2C1. The molecule has 1 aliphatic rings. The molecule has 0 fully saturated rings. The quantitative estimate of drug-likeness (QED) is 0.668. The summed E-state index contributed by atoms with van der Waals surface area (Å²) in [5.74, 6) is 0. The summed E-state index contributed by atoms with van der Waals surface area (Å²) < 4.78 is 0. The fourth-order valence-electron chi connectivity index (χ4n) is 1.41. The fourth-order valence-corrected chi connectivity index (χ4v) is 2.46. The van der Waals surface area contributed by atoms with E-state index in [2.05, 4.69) is 9.88 Å². The molecule has 0 bridgehead atoms. The third-order valence-corrected chi connectivity index (χ3v) is 3.53. The predicted octanol–water partition coefficient (Wildman–Crippen LogP) is 1.51. The minimum absolute atomic E-state index is 0.432. The zero-order valence-electron chi connectivity index (χ0n) is 7.21. The molecule has 0 unspecified atom stereocenters. The van der Waals surface area contributed by atoms with Crippen molar-refractivity contribution in [1.82, 2.24) is 9.88 Å². The number of halogens is 1. The molecule has 0 N–H and O–H groups in total. The molecule has 1 aromatic rings. The van der Waals surface area contributed by atoms with Crippen LogP contribution in [-0.4, -0.2) is 28.7 Å². The molecule has 0 radical (unpaired) electrons. The number of rotatable bonds is 1. The number of fused-ring (bicyclic) bond motifs is 1. The van der Waals surface area contributed by atoms with Crippen LogP contribution >= 0.6 is 22.9 Å². The van der Waals surface area contributed by atoms with Crippen LogP contribution in [0, 0.1) is 0 Å². The molecule has 0 atom stereocenters. The first-order chi connectivity index (χ1) is 6.16. The van der Waals surface area contributed by atoms with Gasteiger partial charge in [-0.05, 0) is 25.1 Å². The maximum atomic E-state index is 10.8. The first kappa shape index (κ1) is 9.12. The van der Waals surface area contributed by atoms with Crippen molar-refractivity contribution in [2.75, 3.05) is 13.6 Å². The van der Waals surface area contributed by atoms with Gasteiger partial charge in [-0.25, -0.2) is 4.98 Å². The van der Waals surface area contributed by atoms with Crippen molar-refractivity contribution in [3.8, 4) is 0 Å². The Kier molecular flexibility index (Phi) is 2.36. The van der Waals surface area contributed by atoms with Gasteiger partial charge in [0, 0.05) is 18.0 Å². The number of carbonyl (C=O) groups excluding carboxylic acids is 1.